The number of methoxy groups -OCH3 is 1. The van der Waals surface area contributed by atoms with Gasteiger partial charge >= 0.3 is 6.01 Å². The van der Waals surface area contributed by atoms with Gasteiger partial charge in [0.25, 0.3) is 0 Å². The third kappa shape index (κ3) is 5.25. The summed E-state index contributed by atoms with van der Waals surface area (Å²) in [5, 5.41) is 13.2. The lowest BCUT2D eigenvalue weighted by atomic mass is 9.95. The lowest BCUT2D eigenvalue weighted by Gasteiger charge is -2.38. The highest BCUT2D eigenvalue weighted by Gasteiger charge is 2.45. The van der Waals surface area contributed by atoms with Crippen LogP contribution in [0.5, 0.6) is 11.8 Å². The Balaban J connectivity index is 1.33. The third-order valence-corrected chi connectivity index (χ3v) is 9.33. The fraction of sp³-hybridized carbons (Fsp3) is 0.485. The van der Waals surface area contributed by atoms with Gasteiger partial charge in [0.05, 0.1) is 16.5 Å². The van der Waals surface area contributed by atoms with E-state index in [1.807, 2.05) is 42.2 Å². The number of piperidine rings is 1. The number of aromatic nitrogens is 3. The first-order valence-corrected chi connectivity index (χ1v) is 15.2. The molecule has 3 saturated heterocycles. The number of rotatable bonds is 8. The Morgan fingerprint density at radius 3 is 2.56 bits per heavy atom. The van der Waals surface area contributed by atoms with Crippen molar-refractivity contribution in [2.45, 2.75) is 56.6 Å². The van der Waals surface area contributed by atoms with Crippen molar-refractivity contribution in [1.29, 1.82) is 0 Å². The number of ether oxygens (including phenoxy) is 3. The van der Waals surface area contributed by atoms with E-state index in [1.54, 1.807) is 19.4 Å². The maximum Gasteiger partial charge on any atom is 0.319 e. The molecule has 0 aliphatic carbocycles. The Morgan fingerprint density at radius 2 is 1.77 bits per heavy atom. The van der Waals surface area contributed by atoms with Gasteiger partial charge < -0.3 is 24.2 Å². The van der Waals surface area contributed by atoms with Gasteiger partial charge in [0.2, 0.25) is 0 Å². The van der Waals surface area contributed by atoms with Gasteiger partial charge in [-0.25, -0.2) is 4.39 Å². The van der Waals surface area contributed by atoms with Crippen molar-refractivity contribution < 1.29 is 23.7 Å². The number of fused-ring (bicyclic) bond motifs is 3. The van der Waals surface area contributed by atoms with Crippen LogP contribution in [-0.4, -0.2) is 82.8 Å². The van der Waals surface area contributed by atoms with Crippen molar-refractivity contribution in [1.82, 2.24) is 19.9 Å². The van der Waals surface area contributed by atoms with Gasteiger partial charge in [-0.05, 0) is 76.1 Å². The molecule has 2 aromatic heterocycles. The highest BCUT2D eigenvalue weighted by molar-refractivity contribution is 5.95. The van der Waals surface area contributed by atoms with Crippen LogP contribution in [-0.2, 0) is 4.74 Å². The van der Waals surface area contributed by atoms with Gasteiger partial charge in [0.1, 0.15) is 29.4 Å². The second-order valence-corrected chi connectivity index (χ2v) is 12.5. The minimum Gasteiger partial charge on any atom is -0.467 e. The van der Waals surface area contributed by atoms with Gasteiger partial charge in [-0.15, -0.1) is 0 Å². The van der Waals surface area contributed by atoms with E-state index in [2.05, 4.69) is 14.9 Å². The summed E-state index contributed by atoms with van der Waals surface area (Å²) in [6.07, 6.45) is 7.60. The van der Waals surface area contributed by atoms with E-state index in [9.17, 15) is 5.11 Å². The number of nitrogens with zero attached hydrogens (tertiary/aromatic N) is 5. The minimum absolute atomic E-state index is 0.00107. The number of anilines is 1. The summed E-state index contributed by atoms with van der Waals surface area (Å²) in [6.45, 7) is 5.60. The summed E-state index contributed by atoms with van der Waals surface area (Å²) in [5.41, 5.74) is 0.00495. The summed E-state index contributed by atoms with van der Waals surface area (Å²) in [4.78, 5) is 18.6. The van der Waals surface area contributed by atoms with Crippen LogP contribution in [0.4, 0.5) is 10.2 Å². The van der Waals surface area contributed by atoms with Crippen molar-refractivity contribution >= 4 is 27.5 Å². The summed E-state index contributed by atoms with van der Waals surface area (Å²) in [6, 6.07) is 11.6. The molecular weight excluding hydrogens is 549 g/mol. The molecule has 0 amide bonds. The Kier molecular flexibility index (Phi) is 7.31. The van der Waals surface area contributed by atoms with Crippen molar-refractivity contribution in [3.63, 3.8) is 0 Å². The highest BCUT2D eigenvalue weighted by atomic mass is 19.1. The number of hydrogen-bond donors (Lipinski definition) is 1. The molecule has 1 N–H and O–H groups in total. The van der Waals surface area contributed by atoms with Crippen LogP contribution in [0.1, 0.15) is 45.4 Å². The van der Waals surface area contributed by atoms with Crippen molar-refractivity contribution in [3.8, 4) is 23.0 Å². The molecule has 1 unspecified atom stereocenters. The predicted octanol–water partition coefficient (Wildman–Crippen LogP) is 5.33. The lowest BCUT2D eigenvalue weighted by molar-refractivity contribution is 0.0447. The topological polar surface area (TPSA) is 93.1 Å². The predicted molar refractivity (Wildman–Crippen MR) is 163 cm³/mol. The molecule has 9 nitrogen and oxygen atoms in total. The Labute approximate surface area is 250 Å². The quantitative estimate of drug-likeness (QED) is 0.275. The largest absolute Gasteiger partial charge is 0.467 e. The maximum absolute atomic E-state index is 16.6. The molecule has 4 aromatic rings. The molecule has 0 saturated carbocycles. The molecular formula is C33H38FN5O4. The molecule has 3 fully saturated rings. The lowest BCUT2D eigenvalue weighted by Crippen LogP contribution is -2.46. The fourth-order valence-electron chi connectivity index (χ4n) is 7.24. The third-order valence-electron chi connectivity index (χ3n) is 9.33. The zero-order valence-corrected chi connectivity index (χ0v) is 24.8. The van der Waals surface area contributed by atoms with Crippen LogP contribution in [0.3, 0.4) is 0 Å². The monoisotopic (exact) mass is 587 g/mol. The van der Waals surface area contributed by atoms with E-state index in [-0.39, 0.29) is 29.6 Å². The molecule has 43 heavy (non-hydrogen) atoms. The Hall–Kier alpha value is -3.60. The first-order valence-electron chi connectivity index (χ1n) is 15.2. The molecule has 3 aliphatic rings. The van der Waals surface area contributed by atoms with E-state index in [4.69, 9.17) is 19.2 Å². The van der Waals surface area contributed by atoms with Crippen LogP contribution in [0.25, 0.3) is 32.9 Å². The summed E-state index contributed by atoms with van der Waals surface area (Å²) < 4.78 is 34.0. The molecule has 0 radical (unpaired) electrons. The molecule has 226 valence electrons. The Bertz CT molecular complexity index is 1650. The summed E-state index contributed by atoms with van der Waals surface area (Å²) in [7, 11) is 1.56. The van der Waals surface area contributed by atoms with E-state index >= 15 is 4.39 Å². The molecule has 0 bridgehead atoms. The normalized spacial score (nSPS) is 21.9. The van der Waals surface area contributed by atoms with E-state index < -0.39 is 11.4 Å². The van der Waals surface area contributed by atoms with Gasteiger partial charge in [0.15, 0.2) is 12.6 Å². The number of hydrogen-bond acceptors (Lipinski definition) is 9. The van der Waals surface area contributed by atoms with Crippen LogP contribution >= 0.6 is 0 Å². The van der Waals surface area contributed by atoms with Crippen LogP contribution in [0.15, 0.2) is 42.6 Å². The molecule has 3 aliphatic heterocycles. The maximum atomic E-state index is 16.6. The summed E-state index contributed by atoms with van der Waals surface area (Å²) in [5.74, 6) is 0.563. The van der Waals surface area contributed by atoms with Crippen LogP contribution in [0.2, 0.25) is 0 Å². The smallest absolute Gasteiger partial charge is 0.319 e. The number of aliphatic hydroxyl groups is 1. The van der Waals surface area contributed by atoms with E-state index in [0.29, 0.717) is 48.6 Å². The Morgan fingerprint density at radius 1 is 0.977 bits per heavy atom. The average molecular weight is 588 g/mol. The highest BCUT2D eigenvalue weighted by Crippen LogP contribution is 2.40. The van der Waals surface area contributed by atoms with Gasteiger partial charge in [0, 0.05) is 37.3 Å². The van der Waals surface area contributed by atoms with Gasteiger partial charge in [-0.1, -0.05) is 24.3 Å². The first kappa shape index (κ1) is 28.2. The minimum atomic E-state index is -0.876. The molecule has 10 heteroatoms. The van der Waals surface area contributed by atoms with Crippen LogP contribution in [0, 0.1) is 5.82 Å². The van der Waals surface area contributed by atoms with Crippen LogP contribution < -0.4 is 14.4 Å². The van der Waals surface area contributed by atoms with Crippen molar-refractivity contribution in [2.24, 2.45) is 0 Å². The SMILES string of the molecule is COCOc1cc(-c2ncc3c(N4CCCC(C)(O)C4)nc(OCC45CCCN4CCC5)nc3c2F)cc2ccccc12. The van der Waals surface area contributed by atoms with Crippen molar-refractivity contribution in [2.75, 3.05) is 51.6 Å². The van der Waals surface area contributed by atoms with Gasteiger partial charge in [-0.3, -0.25) is 9.88 Å². The first-order chi connectivity index (χ1) is 20.9. The fourth-order valence-corrected chi connectivity index (χ4v) is 7.24. The summed E-state index contributed by atoms with van der Waals surface area (Å²) >= 11 is 0. The number of halogens is 1. The molecule has 0 spiro atoms. The zero-order valence-electron chi connectivity index (χ0n) is 24.8. The van der Waals surface area contributed by atoms with E-state index in [1.165, 1.54) is 0 Å². The number of pyridine rings is 1. The number of β-amino-alcohol motifs (C(OH)–C–C–N with tert-alkyl or cyclic N) is 1. The molecule has 5 heterocycles. The second-order valence-electron chi connectivity index (χ2n) is 12.5. The van der Waals surface area contributed by atoms with E-state index in [0.717, 1.165) is 56.0 Å². The average Bonchev–Trinajstić information content (AvgIpc) is 3.59. The second kappa shape index (κ2) is 11.2. The molecule has 1 atom stereocenters. The zero-order chi connectivity index (χ0) is 29.6. The van der Waals surface area contributed by atoms with Crippen molar-refractivity contribution in [3.05, 3.63) is 48.4 Å². The molecule has 7 rings (SSSR count). The molecule has 2 aromatic carbocycles. The number of benzene rings is 2. The standard InChI is InChI=1S/C33H38FN5O4/c1-32(40)10-5-13-38(19-32)30-25-18-35-28(23-16-22-8-3-4-9-24(22)26(17-23)43-21-41-2)27(34)29(25)36-31(37-30)42-20-33-11-6-14-39(33)15-7-12-33/h3-4,8-9,16-18,40H,5-7,10-15,19-21H2,1-2H3. The van der Waals surface area contributed by atoms with Gasteiger partial charge in [-0.2, -0.15) is 9.97 Å².